The van der Waals surface area contributed by atoms with Crippen molar-refractivity contribution >= 4 is 35.0 Å². The van der Waals surface area contributed by atoms with Crippen LogP contribution in [0, 0.1) is 0 Å². The molecule has 0 aromatic heterocycles. The van der Waals surface area contributed by atoms with E-state index in [1.807, 2.05) is 36.4 Å². The zero-order valence-corrected chi connectivity index (χ0v) is 12.8. The van der Waals surface area contributed by atoms with Crippen LogP contribution < -0.4 is 5.73 Å². The lowest BCUT2D eigenvalue weighted by Gasteiger charge is -2.16. The lowest BCUT2D eigenvalue weighted by Crippen LogP contribution is -2.12. The summed E-state index contributed by atoms with van der Waals surface area (Å²) in [5, 5.41) is 9.53. The molecule has 1 unspecified atom stereocenters. The Morgan fingerprint density at radius 3 is 2.35 bits per heavy atom. The maximum atomic E-state index is 9.53. The lowest BCUT2D eigenvalue weighted by atomic mass is 10.1. The number of aromatic hydroxyl groups is 1. The van der Waals surface area contributed by atoms with Gasteiger partial charge in [0, 0.05) is 9.80 Å². The second-order valence-electron chi connectivity index (χ2n) is 4.11. The Hall–Kier alpha value is -1.13. The molecule has 5 heteroatoms. The predicted molar refractivity (Wildman–Crippen MR) is 86.1 cm³/mol. The summed E-state index contributed by atoms with van der Waals surface area (Å²) in [6.45, 7) is 0. The van der Waals surface area contributed by atoms with E-state index >= 15 is 0 Å². The Kier molecular flexibility index (Phi) is 5.38. The van der Waals surface area contributed by atoms with Gasteiger partial charge in [-0.15, -0.1) is 0 Å². The number of hydrogen-bond acceptors (Lipinski definition) is 3. The molecule has 0 aliphatic heterocycles. The van der Waals surface area contributed by atoms with E-state index in [0.717, 1.165) is 10.5 Å². The van der Waals surface area contributed by atoms with Gasteiger partial charge in [0.05, 0.1) is 6.04 Å². The van der Waals surface area contributed by atoms with E-state index in [1.54, 1.807) is 18.2 Å². The molecule has 2 aromatic carbocycles. The van der Waals surface area contributed by atoms with Crippen LogP contribution >= 0.6 is 35.0 Å². The summed E-state index contributed by atoms with van der Waals surface area (Å²) in [5.74, 6) is 0.160. The highest BCUT2D eigenvalue weighted by molar-refractivity contribution is 8.03. The number of phenolic OH excluding ortho intramolecular Hbond substituents is 1. The zero-order chi connectivity index (χ0) is 14.5. The van der Waals surface area contributed by atoms with Crippen molar-refractivity contribution in [2.45, 2.75) is 10.9 Å². The van der Waals surface area contributed by atoms with Gasteiger partial charge in [-0.25, -0.2) is 0 Å². The highest BCUT2D eigenvalue weighted by Gasteiger charge is 2.17. The Balaban J connectivity index is 2.28. The van der Waals surface area contributed by atoms with E-state index < -0.39 is 6.04 Å². The molecule has 0 amide bonds. The molecule has 3 N–H and O–H groups in total. The maximum Gasteiger partial charge on any atom is 0.118 e. The van der Waals surface area contributed by atoms with Crippen molar-refractivity contribution in [3.63, 3.8) is 0 Å². The van der Waals surface area contributed by atoms with E-state index in [1.165, 1.54) is 11.8 Å². The van der Waals surface area contributed by atoms with Gasteiger partial charge in [0.25, 0.3) is 0 Å². The number of rotatable bonds is 4. The standard InChI is InChI=1S/C15H13Cl2NOS/c16-15(17)14(20-12-7-2-1-3-8-12)13(18)10-5-4-6-11(19)9-10/h1-9,13,19H,18H2. The predicted octanol–water partition coefficient (Wildman–Crippen LogP) is 4.83. The smallest absolute Gasteiger partial charge is 0.118 e. The van der Waals surface area contributed by atoms with Gasteiger partial charge in [-0.05, 0) is 29.8 Å². The average molecular weight is 326 g/mol. The van der Waals surface area contributed by atoms with Gasteiger partial charge in [0.2, 0.25) is 0 Å². The second-order valence-corrected chi connectivity index (χ2v) is 6.18. The summed E-state index contributed by atoms with van der Waals surface area (Å²) < 4.78 is 0.134. The van der Waals surface area contributed by atoms with Crippen LogP contribution in [0.2, 0.25) is 0 Å². The van der Waals surface area contributed by atoms with Crippen molar-refractivity contribution in [1.29, 1.82) is 0 Å². The molecule has 0 aliphatic rings. The monoisotopic (exact) mass is 325 g/mol. The minimum Gasteiger partial charge on any atom is -0.508 e. The first-order valence-electron chi connectivity index (χ1n) is 5.90. The Bertz CT molecular complexity index is 612. The summed E-state index contributed by atoms with van der Waals surface area (Å²) >= 11 is 13.3. The summed E-state index contributed by atoms with van der Waals surface area (Å²) in [7, 11) is 0. The summed E-state index contributed by atoms with van der Waals surface area (Å²) in [6.07, 6.45) is 0. The van der Waals surface area contributed by atoms with Gasteiger partial charge in [0.15, 0.2) is 0 Å². The lowest BCUT2D eigenvalue weighted by molar-refractivity contribution is 0.474. The molecule has 104 valence electrons. The van der Waals surface area contributed by atoms with Gasteiger partial charge in [-0.1, -0.05) is 65.3 Å². The summed E-state index contributed by atoms with van der Waals surface area (Å²) in [6, 6.07) is 16.0. The number of benzene rings is 2. The van der Waals surface area contributed by atoms with Gasteiger partial charge in [-0.2, -0.15) is 0 Å². The minimum absolute atomic E-state index is 0.134. The summed E-state index contributed by atoms with van der Waals surface area (Å²) in [4.78, 5) is 1.64. The number of phenols is 1. The molecule has 0 fully saturated rings. The molecule has 0 saturated carbocycles. The summed E-state index contributed by atoms with van der Waals surface area (Å²) in [5.41, 5.74) is 6.95. The first kappa shape index (κ1) is 15.3. The molecule has 0 heterocycles. The molecule has 0 bridgehead atoms. The maximum absolute atomic E-state index is 9.53. The Morgan fingerprint density at radius 2 is 1.75 bits per heavy atom. The molecule has 0 spiro atoms. The first-order valence-corrected chi connectivity index (χ1v) is 7.47. The molecule has 1 atom stereocenters. The Labute approximate surface area is 132 Å². The number of halogens is 2. The van der Waals surface area contributed by atoms with Crippen LogP contribution in [0.4, 0.5) is 0 Å². The van der Waals surface area contributed by atoms with E-state index in [-0.39, 0.29) is 10.2 Å². The minimum atomic E-state index is -0.489. The van der Waals surface area contributed by atoms with Crippen molar-refractivity contribution < 1.29 is 5.11 Å². The fourth-order valence-corrected chi connectivity index (χ4v) is 3.06. The van der Waals surface area contributed by atoms with Gasteiger partial charge in [0.1, 0.15) is 10.2 Å². The van der Waals surface area contributed by atoms with Crippen LogP contribution in [0.3, 0.4) is 0 Å². The molecular formula is C15H13Cl2NOS. The molecule has 2 nitrogen and oxygen atoms in total. The highest BCUT2D eigenvalue weighted by atomic mass is 35.5. The molecule has 20 heavy (non-hydrogen) atoms. The van der Waals surface area contributed by atoms with E-state index in [4.69, 9.17) is 28.9 Å². The molecule has 0 radical (unpaired) electrons. The van der Waals surface area contributed by atoms with Gasteiger partial charge < -0.3 is 10.8 Å². The normalized spacial score (nSPS) is 11.9. The largest absolute Gasteiger partial charge is 0.508 e. The third-order valence-electron chi connectivity index (χ3n) is 2.67. The fraction of sp³-hybridized carbons (Fsp3) is 0.0667. The number of nitrogens with two attached hydrogens (primary N) is 1. The van der Waals surface area contributed by atoms with Gasteiger partial charge >= 0.3 is 0 Å². The van der Waals surface area contributed by atoms with E-state index in [0.29, 0.717) is 4.91 Å². The van der Waals surface area contributed by atoms with Crippen LogP contribution in [0.1, 0.15) is 11.6 Å². The zero-order valence-electron chi connectivity index (χ0n) is 10.5. The Morgan fingerprint density at radius 1 is 1.05 bits per heavy atom. The molecular weight excluding hydrogens is 313 g/mol. The van der Waals surface area contributed by atoms with Crippen molar-refractivity contribution in [2.24, 2.45) is 5.73 Å². The average Bonchev–Trinajstić information content (AvgIpc) is 2.45. The number of hydrogen-bond donors (Lipinski definition) is 2. The highest BCUT2D eigenvalue weighted by Crippen LogP contribution is 2.39. The van der Waals surface area contributed by atoms with Crippen LogP contribution in [-0.4, -0.2) is 5.11 Å². The van der Waals surface area contributed by atoms with Crippen LogP contribution in [0.25, 0.3) is 0 Å². The third kappa shape index (κ3) is 3.93. The molecule has 0 aliphatic carbocycles. The van der Waals surface area contributed by atoms with E-state index in [2.05, 4.69) is 0 Å². The number of thioether (sulfide) groups is 1. The van der Waals surface area contributed by atoms with Crippen molar-refractivity contribution in [1.82, 2.24) is 0 Å². The third-order valence-corrected chi connectivity index (χ3v) is 4.49. The van der Waals surface area contributed by atoms with Gasteiger partial charge in [-0.3, -0.25) is 0 Å². The molecule has 2 rings (SSSR count). The van der Waals surface area contributed by atoms with Crippen LogP contribution in [0.5, 0.6) is 5.75 Å². The van der Waals surface area contributed by atoms with Crippen LogP contribution in [0.15, 0.2) is 68.9 Å². The van der Waals surface area contributed by atoms with Crippen molar-refractivity contribution in [2.75, 3.05) is 0 Å². The quantitative estimate of drug-likeness (QED) is 0.791. The van der Waals surface area contributed by atoms with Crippen molar-refractivity contribution in [3.8, 4) is 5.75 Å². The molecule has 0 saturated heterocycles. The first-order chi connectivity index (χ1) is 9.58. The second kappa shape index (κ2) is 7.04. The van der Waals surface area contributed by atoms with E-state index in [9.17, 15) is 5.11 Å². The SMILES string of the molecule is NC(C(Sc1ccccc1)=C(Cl)Cl)c1cccc(O)c1. The van der Waals surface area contributed by atoms with Crippen LogP contribution in [-0.2, 0) is 0 Å². The topological polar surface area (TPSA) is 46.2 Å². The van der Waals surface area contributed by atoms with Crippen molar-refractivity contribution in [3.05, 3.63) is 69.6 Å². The fourth-order valence-electron chi connectivity index (χ4n) is 1.70. The molecule has 2 aromatic rings.